The van der Waals surface area contributed by atoms with Crippen molar-refractivity contribution in [2.45, 2.75) is 24.4 Å². The van der Waals surface area contributed by atoms with E-state index in [0.717, 1.165) is 0 Å². The number of aliphatic hydroxyl groups is 1. The molecule has 1 N–H and O–H groups in total. The Morgan fingerprint density at radius 1 is 1.47 bits per heavy atom. The minimum atomic E-state index is -1.26. The fourth-order valence-electron chi connectivity index (χ4n) is 1.60. The average molecular weight is 220 g/mol. The molecule has 6 heteroatoms. The molecule has 88 valence electrons. The number of carbonyl (C=O) groups is 1. The summed E-state index contributed by atoms with van der Waals surface area (Å²) in [5, 5.41) is 9.44. The number of hydrogen-bond acceptors (Lipinski definition) is 6. The van der Waals surface area contributed by atoms with Crippen molar-refractivity contribution in [3.05, 3.63) is 0 Å². The first-order valence-corrected chi connectivity index (χ1v) is 4.58. The Balaban J connectivity index is 2.70. The molecule has 15 heavy (non-hydrogen) atoms. The minimum Gasteiger partial charge on any atom is -0.455 e. The third-order valence-corrected chi connectivity index (χ3v) is 2.40. The van der Waals surface area contributed by atoms with E-state index in [4.69, 9.17) is 18.9 Å². The number of carbonyl (C=O) groups excluding carboxylic acids is 1. The predicted molar refractivity (Wildman–Crippen MR) is 49.4 cm³/mol. The van der Waals surface area contributed by atoms with Crippen molar-refractivity contribution in [2.75, 3.05) is 27.9 Å². The van der Waals surface area contributed by atoms with E-state index in [0.29, 0.717) is 0 Å². The van der Waals surface area contributed by atoms with Gasteiger partial charge in [-0.2, -0.15) is 0 Å². The maximum absolute atomic E-state index is 11.1. The molecule has 1 aliphatic rings. The number of ether oxygens (including phenoxy) is 4. The largest absolute Gasteiger partial charge is 0.455 e. The third-order valence-electron chi connectivity index (χ3n) is 2.40. The van der Waals surface area contributed by atoms with Gasteiger partial charge in [-0.25, -0.2) is 4.79 Å². The van der Waals surface area contributed by atoms with Gasteiger partial charge >= 0.3 is 5.97 Å². The molecule has 1 fully saturated rings. The Hall–Kier alpha value is -0.690. The summed E-state index contributed by atoms with van der Waals surface area (Å²) in [6.07, 6.45) is -3.05. The number of cyclic esters (lactones) is 1. The van der Waals surface area contributed by atoms with Crippen molar-refractivity contribution in [2.24, 2.45) is 0 Å². The first kappa shape index (κ1) is 12.4. The molecule has 1 aliphatic heterocycles. The van der Waals surface area contributed by atoms with Crippen LogP contribution in [-0.4, -0.2) is 63.4 Å². The van der Waals surface area contributed by atoms with Gasteiger partial charge in [0.1, 0.15) is 12.2 Å². The molecular formula is C9H16O6. The first-order chi connectivity index (χ1) is 7.15. The van der Waals surface area contributed by atoms with Gasteiger partial charge in [-0.1, -0.05) is 0 Å². The van der Waals surface area contributed by atoms with Crippen LogP contribution in [0.25, 0.3) is 0 Å². The van der Waals surface area contributed by atoms with Crippen LogP contribution in [0.1, 0.15) is 0 Å². The van der Waals surface area contributed by atoms with Crippen LogP contribution in [0, 0.1) is 0 Å². The van der Waals surface area contributed by atoms with Crippen molar-refractivity contribution in [1.29, 1.82) is 0 Å². The summed E-state index contributed by atoms with van der Waals surface area (Å²) < 4.78 is 20.0. The van der Waals surface area contributed by atoms with Gasteiger partial charge in [0, 0.05) is 21.3 Å². The van der Waals surface area contributed by atoms with Crippen LogP contribution >= 0.6 is 0 Å². The highest BCUT2D eigenvalue weighted by atomic mass is 16.6. The van der Waals surface area contributed by atoms with E-state index in [1.807, 2.05) is 0 Å². The highest BCUT2D eigenvalue weighted by Gasteiger charge is 2.48. The lowest BCUT2D eigenvalue weighted by atomic mass is 10.1. The molecule has 0 saturated carbocycles. The molecule has 0 unspecified atom stereocenters. The van der Waals surface area contributed by atoms with Gasteiger partial charge in [0.15, 0.2) is 12.2 Å². The molecule has 1 rings (SSSR count). The second-order valence-electron chi connectivity index (χ2n) is 3.28. The smallest absolute Gasteiger partial charge is 0.338 e. The predicted octanol–water partition coefficient (Wildman–Crippen LogP) is -1.05. The van der Waals surface area contributed by atoms with Gasteiger partial charge in [0.25, 0.3) is 0 Å². The molecule has 1 heterocycles. The zero-order chi connectivity index (χ0) is 11.4. The Morgan fingerprint density at radius 3 is 2.60 bits per heavy atom. The monoisotopic (exact) mass is 220 g/mol. The van der Waals surface area contributed by atoms with Crippen LogP contribution in [0.3, 0.4) is 0 Å². The molecule has 4 atom stereocenters. The van der Waals surface area contributed by atoms with Crippen molar-refractivity contribution in [1.82, 2.24) is 0 Å². The number of rotatable bonds is 5. The van der Waals surface area contributed by atoms with Gasteiger partial charge in [0.05, 0.1) is 6.61 Å². The number of hydrogen-bond donors (Lipinski definition) is 1. The van der Waals surface area contributed by atoms with Crippen molar-refractivity contribution in [3.63, 3.8) is 0 Å². The zero-order valence-corrected chi connectivity index (χ0v) is 9.00. The fourth-order valence-corrected chi connectivity index (χ4v) is 1.60. The molecule has 0 aromatic carbocycles. The Labute approximate surface area is 88.1 Å². The first-order valence-electron chi connectivity index (χ1n) is 4.58. The summed E-state index contributed by atoms with van der Waals surface area (Å²) in [5.41, 5.74) is 0. The van der Waals surface area contributed by atoms with E-state index < -0.39 is 30.4 Å². The standard InChI is InChI=1S/C9H16O6/c1-12-4-5(13-2)7-8(14-3)6(10)9(11)15-7/h5-8,10H,4H2,1-3H3/t5-,6-,7-,8-/m1/s1. The summed E-state index contributed by atoms with van der Waals surface area (Å²) in [6, 6.07) is 0. The Kier molecular flexibility index (Phi) is 4.46. The highest BCUT2D eigenvalue weighted by molar-refractivity contribution is 5.77. The maximum atomic E-state index is 11.1. The maximum Gasteiger partial charge on any atom is 0.338 e. The van der Waals surface area contributed by atoms with Crippen LogP contribution in [0.15, 0.2) is 0 Å². The fraction of sp³-hybridized carbons (Fsp3) is 0.889. The Bertz CT molecular complexity index is 219. The number of aliphatic hydroxyl groups excluding tert-OH is 1. The van der Waals surface area contributed by atoms with Gasteiger partial charge in [0.2, 0.25) is 0 Å². The van der Waals surface area contributed by atoms with Gasteiger partial charge in [-0.05, 0) is 0 Å². The van der Waals surface area contributed by atoms with E-state index in [2.05, 4.69) is 0 Å². The van der Waals surface area contributed by atoms with Crippen LogP contribution < -0.4 is 0 Å². The molecule has 0 aromatic rings. The normalized spacial score (nSPS) is 32.8. The minimum absolute atomic E-state index is 0.265. The number of methoxy groups -OCH3 is 3. The number of esters is 1. The molecule has 0 amide bonds. The van der Waals surface area contributed by atoms with Crippen LogP contribution in [0.5, 0.6) is 0 Å². The SMILES string of the molecule is COC[C@@H](OC)[C@H]1OC(=O)[C@H](O)[C@H]1OC. The van der Waals surface area contributed by atoms with Crippen LogP contribution in [-0.2, 0) is 23.7 Å². The van der Waals surface area contributed by atoms with E-state index in [1.165, 1.54) is 21.3 Å². The van der Waals surface area contributed by atoms with E-state index in [-0.39, 0.29) is 6.61 Å². The molecule has 0 spiro atoms. The molecule has 0 radical (unpaired) electrons. The van der Waals surface area contributed by atoms with E-state index in [1.54, 1.807) is 0 Å². The van der Waals surface area contributed by atoms with Gasteiger partial charge < -0.3 is 24.1 Å². The lowest BCUT2D eigenvalue weighted by molar-refractivity contribution is -0.153. The van der Waals surface area contributed by atoms with E-state index in [9.17, 15) is 9.90 Å². The summed E-state index contributed by atoms with van der Waals surface area (Å²) >= 11 is 0. The topological polar surface area (TPSA) is 74.2 Å². The zero-order valence-electron chi connectivity index (χ0n) is 9.00. The molecule has 0 bridgehead atoms. The summed E-state index contributed by atoms with van der Waals surface area (Å²) in [4.78, 5) is 11.1. The average Bonchev–Trinajstić information content (AvgIpc) is 2.51. The van der Waals surface area contributed by atoms with Crippen molar-refractivity contribution in [3.8, 4) is 0 Å². The molecule has 0 aliphatic carbocycles. The lowest BCUT2D eigenvalue weighted by Gasteiger charge is -2.24. The summed E-state index contributed by atoms with van der Waals surface area (Å²) in [5.74, 6) is -0.690. The van der Waals surface area contributed by atoms with E-state index >= 15 is 0 Å². The van der Waals surface area contributed by atoms with Crippen molar-refractivity contribution < 1.29 is 28.8 Å². The Morgan fingerprint density at radius 2 is 2.13 bits per heavy atom. The second kappa shape index (κ2) is 5.41. The highest BCUT2D eigenvalue weighted by Crippen LogP contribution is 2.23. The third kappa shape index (κ3) is 2.46. The molecular weight excluding hydrogens is 204 g/mol. The quantitative estimate of drug-likeness (QED) is 0.596. The molecule has 0 aromatic heterocycles. The lowest BCUT2D eigenvalue weighted by Crippen LogP contribution is -2.43. The molecule has 6 nitrogen and oxygen atoms in total. The van der Waals surface area contributed by atoms with Gasteiger partial charge in [-0.3, -0.25) is 0 Å². The van der Waals surface area contributed by atoms with Crippen LogP contribution in [0.2, 0.25) is 0 Å². The van der Waals surface area contributed by atoms with Crippen molar-refractivity contribution >= 4 is 5.97 Å². The second-order valence-corrected chi connectivity index (χ2v) is 3.28. The van der Waals surface area contributed by atoms with Gasteiger partial charge in [-0.15, -0.1) is 0 Å². The van der Waals surface area contributed by atoms with Crippen LogP contribution in [0.4, 0.5) is 0 Å². The summed E-state index contributed by atoms with van der Waals surface area (Å²) in [7, 11) is 4.40. The molecule has 1 saturated heterocycles. The summed E-state index contributed by atoms with van der Waals surface area (Å²) in [6.45, 7) is 0.265.